The molecule has 5 N–H and O–H groups in total. The minimum absolute atomic E-state index is 0.0375. The van der Waals surface area contributed by atoms with E-state index in [1.54, 1.807) is 38.4 Å². The van der Waals surface area contributed by atoms with E-state index in [4.69, 9.17) is 5.73 Å². The zero-order valence-corrected chi connectivity index (χ0v) is 22.2. The summed E-state index contributed by atoms with van der Waals surface area (Å²) in [5.41, 5.74) is 8.52. The zero-order chi connectivity index (χ0) is 26.6. The molecule has 0 atom stereocenters. The van der Waals surface area contributed by atoms with Gasteiger partial charge >= 0.3 is 0 Å². The van der Waals surface area contributed by atoms with Crippen molar-refractivity contribution in [3.8, 4) is 0 Å². The molecule has 0 bridgehead atoms. The van der Waals surface area contributed by atoms with Crippen LogP contribution in [0.3, 0.4) is 0 Å². The molecule has 35 heavy (non-hydrogen) atoms. The van der Waals surface area contributed by atoms with Crippen LogP contribution in [0.5, 0.6) is 0 Å². The lowest BCUT2D eigenvalue weighted by Gasteiger charge is -2.14. The third-order valence-corrected chi connectivity index (χ3v) is 5.61. The summed E-state index contributed by atoms with van der Waals surface area (Å²) in [4.78, 5) is 32.6. The minimum atomic E-state index is -0.146. The number of nitrogens with two attached hydrogens (primary N) is 1. The van der Waals surface area contributed by atoms with E-state index in [1.807, 2.05) is 24.3 Å². The molecule has 0 aliphatic rings. The molecule has 0 heterocycles. The van der Waals surface area contributed by atoms with Gasteiger partial charge in [0.1, 0.15) is 6.29 Å². The van der Waals surface area contributed by atoms with Crippen molar-refractivity contribution in [3.05, 3.63) is 70.8 Å². The Morgan fingerprint density at radius 1 is 0.771 bits per heavy atom. The van der Waals surface area contributed by atoms with Gasteiger partial charge in [-0.15, -0.1) is 0 Å². The predicted molar refractivity (Wildman–Crippen MR) is 145 cm³/mol. The monoisotopic (exact) mass is 484 g/mol. The van der Waals surface area contributed by atoms with E-state index >= 15 is 0 Å². The average molecular weight is 485 g/mol. The van der Waals surface area contributed by atoms with E-state index in [2.05, 4.69) is 43.6 Å². The fourth-order valence-corrected chi connectivity index (χ4v) is 2.90. The molecular formula is C28H44N4O3. The van der Waals surface area contributed by atoms with E-state index < -0.39 is 0 Å². The van der Waals surface area contributed by atoms with Crippen LogP contribution in [-0.2, 0) is 6.54 Å². The molecule has 2 aromatic carbocycles. The quantitative estimate of drug-likeness (QED) is 0.375. The molecule has 0 aliphatic heterocycles. The molecule has 0 fully saturated rings. The van der Waals surface area contributed by atoms with Crippen LogP contribution >= 0.6 is 0 Å². The van der Waals surface area contributed by atoms with Crippen LogP contribution in [0.15, 0.2) is 48.5 Å². The number of carbonyl (C=O) groups is 3. The van der Waals surface area contributed by atoms with E-state index in [-0.39, 0.29) is 11.8 Å². The highest BCUT2D eigenvalue weighted by atomic mass is 16.2. The Bertz CT molecular complexity index is 844. The Kier molecular flexibility index (Phi) is 17.6. The van der Waals surface area contributed by atoms with Crippen molar-refractivity contribution in [3.63, 3.8) is 0 Å². The number of amides is 2. The molecule has 2 amide bonds. The van der Waals surface area contributed by atoms with Gasteiger partial charge < -0.3 is 21.7 Å². The van der Waals surface area contributed by atoms with Crippen LogP contribution in [-0.4, -0.2) is 44.3 Å². The highest BCUT2D eigenvalue weighted by Gasteiger charge is 2.04. The van der Waals surface area contributed by atoms with Gasteiger partial charge in [-0.25, -0.2) is 0 Å². The average Bonchev–Trinajstić information content (AvgIpc) is 2.93. The smallest absolute Gasteiger partial charge is 0.251 e. The number of rotatable bonds is 10. The van der Waals surface area contributed by atoms with Gasteiger partial charge in [0.25, 0.3) is 11.8 Å². The fraction of sp³-hybridized carbons (Fsp3) is 0.464. The highest BCUT2D eigenvalue weighted by molar-refractivity contribution is 5.94. The summed E-state index contributed by atoms with van der Waals surface area (Å²) in [5.74, 6) is -0.183. The summed E-state index contributed by atoms with van der Waals surface area (Å²) in [7, 11) is 3.21. The van der Waals surface area contributed by atoms with Crippen LogP contribution in [0.1, 0.15) is 90.0 Å². The normalized spacial score (nSPS) is 9.97. The second kappa shape index (κ2) is 19.3. The number of hydrogen-bond donors (Lipinski definition) is 4. The molecular weight excluding hydrogens is 440 g/mol. The summed E-state index contributed by atoms with van der Waals surface area (Å²) >= 11 is 0. The Hall–Kier alpha value is -3.03. The summed E-state index contributed by atoms with van der Waals surface area (Å²) in [6, 6.07) is 15.2. The lowest BCUT2D eigenvalue weighted by atomic mass is 10.1. The van der Waals surface area contributed by atoms with Crippen molar-refractivity contribution < 1.29 is 14.4 Å². The molecule has 7 heteroatoms. The minimum Gasteiger partial charge on any atom is -0.355 e. The zero-order valence-electron chi connectivity index (χ0n) is 22.2. The summed E-state index contributed by atoms with van der Waals surface area (Å²) in [6.45, 7) is 9.45. The van der Waals surface area contributed by atoms with E-state index in [0.717, 1.165) is 38.5 Å². The van der Waals surface area contributed by atoms with Crippen LogP contribution in [0.4, 0.5) is 0 Å². The van der Waals surface area contributed by atoms with Crippen molar-refractivity contribution in [1.82, 2.24) is 16.0 Å². The number of benzene rings is 2. The summed E-state index contributed by atoms with van der Waals surface area (Å²) in [5, 5.41) is 8.60. The highest BCUT2D eigenvalue weighted by Crippen LogP contribution is 2.06. The molecule has 0 spiro atoms. The molecule has 2 rings (SSSR count). The van der Waals surface area contributed by atoms with Gasteiger partial charge in [-0.1, -0.05) is 52.0 Å². The topological polar surface area (TPSA) is 113 Å². The van der Waals surface area contributed by atoms with Gasteiger partial charge in [0.15, 0.2) is 0 Å². The molecule has 0 unspecified atom stereocenters. The Morgan fingerprint density at radius 3 is 1.51 bits per heavy atom. The molecule has 0 radical (unpaired) electrons. The van der Waals surface area contributed by atoms with Gasteiger partial charge in [0.2, 0.25) is 0 Å². The lowest BCUT2D eigenvalue weighted by molar-refractivity contribution is 0.0955. The standard InChI is InChI=1S/C14H22N2O.C9H9NO2.C5H13N/c1-4-13(5-2)16-10-11-6-8-12(9-7-11)14(17)15-3;1-10-9(12)8-4-2-7(6-11)3-5-8;1-3-5(6)4-2/h6-9,13,16H,4-5,10H2,1-3H3,(H,15,17);2-6H,1H3,(H,10,12);5H,3-4,6H2,1-2H3. The van der Waals surface area contributed by atoms with E-state index in [9.17, 15) is 14.4 Å². The van der Waals surface area contributed by atoms with Gasteiger partial charge in [-0.2, -0.15) is 0 Å². The van der Waals surface area contributed by atoms with Crippen LogP contribution in [0.25, 0.3) is 0 Å². The molecule has 0 aliphatic carbocycles. The van der Waals surface area contributed by atoms with E-state index in [1.165, 1.54) is 5.56 Å². The Morgan fingerprint density at radius 2 is 1.20 bits per heavy atom. The maximum Gasteiger partial charge on any atom is 0.251 e. The number of nitrogens with one attached hydrogen (secondary N) is 3. The number of hydrogen-bond acceptors (Lipinski definition) is 5. The molecule has 7 nitrogen and oxygen atoms in total. The van der Waals surface area contributed by atoms with Gasteiger partial charge in [-0.3, -0.25) is 14.4 Å². The van der Waals surface area contributed by atoms with Crippen molar-refractivity contribution in [2.45, 2.75) is 72.0 Å². The van der Waals surface area contributed by atoms with Crippen molar-refractivity contribution >= 4 is 18.1 Å². The fourth-order valence-electron chi connectivity index (χ4n) is 2.90. The first kappa shape index (κ1) is 32.0. The molecule has 0 saturated heterocycles. The molecule has 194 valence electrons. The second-order valence-corrected chi connectivity index (χ2v) is 8.07. The van der Waals surface area contributed by atoms with Gasteiger partial charge in [0.05, 0.1) is 0 Å². The third-order valence-electron chi connectivity index (χ3n) is 5.61. The third kappa shape index (κ3) is 13.4. The Labute approximate surface area is 211 Å². The maximum absolute atomic E-state index is 11.4. The summed E-state index contributed by atoms with van der Waals surface area (Å²) in [6.07, 6.45) is 5.25. The first-order valence-corrected chi connectivity index (χ1v) is 12.4. The molecule has 2 aromatic rings. The summed E-state index contributed by atoms with van der Waals surface area (Å²) < 4.78 is 0. The molecule has 0 saturated carbocycles. The van der Waals surface area contributed by atoms with Gasteiger partial charge in [0, 0.05) is 49.4 Å². The first-order valence-electron chi connectivity index (χ1n) is 12.4. The first-order chi connectivity index (χ1) is 16.8. The lowest BCUT2D eigenvalue weighted by Crippen LogP contribution is -2.27. The Balaban J connectivity index is 0.000000557. The van der Waals surface area contributed by atoms with Crippen molar-refractivity contribution in [1.29, 1.82) is 0 Å². The second-order valence-electron chi connectivity index (χ2n) is 8.07. The van der Waals surface area contributed by atoms with Gasteiger partial charge in [-0.05, 0) is 55.5 Å². The van der Waals surface area contributed by atoms with Crippen molar-refractivity contribution in [2.24, 2.45) is 5.73 Å². The van der Waals surface area contributed by atoms with E-state index in [0.29, 0.717) is 28.8 Å². The molecule has 0 aromatic heterocycles. The van der Waals surface area contributed by atoms with Crippen LogP contribution in [0, 0.1) is 0 Å². The maximum atomic E-state index is 11.4. The predicted octanol–water partition coefficient (Wildman–Crippen LogP) is 4.32. The van der Waals surface area contributed by atoms with Crippen molar-refractivity contribution in [2.75, 3.05) is 14.1 Å². The van der Waals surface area contributed by atoms with Crippen LogP contribution < -0.4 is 21.7 Å². The number of aldehydes is 1. The van der Waals surface area contributed by atoms with Crippen LogP contribution in [0.2, 0.25) is 0 Å². The number of carbonyl (C=O) groups excluding carboxylic acids is 3. The largest absolute Gasteiger partial charge is 0.355 e. The SMILES string of the molecule is CCC(CC)NCc1ccc(C(=O)NC)cc1.CCC(N)CC.CNC(=O)c1ccc(C=O)cc1.